The van der Waals surface area contributed by atoms with Crippen molar-refractivity contribution < 1.29 is 0 Å². The smallest absolute Gasteiger partial charge is 0.0352 e. The molecular formula is C38H27Br. The molecule has 0 aromatic heterocycles. The van der Waals surface area contributed by atoms with E-state index in [1.165, 1.54) is 55.6 Å². The van der Waals surface area contributed by atoms with Crippen LogP contribution in [0.2, 0.25) is 0 Å². The first-order valence-corrected chi connectivity index (χ1v) is 14.3. The minimum atomic E-state index is 0.130. The van der Waals surface area contributed by atoms with Crippen molar-refractivity contribution in [3.05, 3.63) is 190 Å². The van der Waals surface area contributed by atoms with Gasteiger partial charge >= 0.3 is 0 Å². The quantitative estimate of drug-likeness (QED) is 0.200. The summed E-state index contributed by atoms with van der Waals surface area (Å²) in [5.74, 6) is 0.270. The van der Waals surface area contributed by atoms with Gasteiger partial charge in [-0.2, -0.15) is 0 Å². The van der Waals surface area contributed by atoms with E-state index in [-0.39, 0.29) is 11.8 Å². The normalized spacial score (nSPS) is 15.8. The third-order valence-electron chi connectivity index (χ3n) is 8.00. The number of halogens is 1. The zero-order valence-corrected chi connectivity index (χ0v) is 23.1. The average Bonchev–Trinajstić information content (AvgIpc) is 3.01. The fraction of sp³-hybridized carbons (Fsp3) is 0.0526. The Balaban J connectivity index is 1.50. The Hall–Kier alpha value is -4.20. The molecular weight excluding hydrogens is 536 g/mol. The van der Waals surface area contributed by atoms with Crippen molar-refractivity contribution in [2.24, 2.45) is 0 Å². The van der Waals surface area contributed by atoms with E-state index in [0.717, 1.165) is 4.47 Å². The van der Waals surface area contributed by atoms with Gasteiger partial charge in [-0.3, -0.25) is 0 Å². The molecule has 1 aliphatic carbocycles. The lowest BCUT2D eigenvalue weighted by atomic mass is 9.67. The summed E-state index contributed by atoms with van der Waals surface area (Å²) in [6.07, 6.45) is 0. The molecule has 0 radical (unpaired) electrons. The van der Waals surface area contributed by atoms with Crippen molar-refractivity contribution in [3.8, 4) is 22.3 Å². The molecule has 39 heavy (non-hydrogen) atoms. The summed E-state index contributed by atoms with van der Waals surface area (Å²) in [5.41, 5.74) is 13.2. The molecule has 1 heteroatoms. The van der Waals surface area contributed by atoms with Crippen LogP contribution in [0.1, 0.15) is 45.2 Å². The van der Waals surface area contributed by atoms with Crippen LogP contribution in [0.5, 0.6) is 0 Å². The zero-order valence-electron chi connectivity index (χ0n) is 21.5. The second kappa shape index (κ2) is 10.2. The summed E-state index contributed by atoms with van der Waals surface area (Å²) in [6.45, 7) is 0. The molecule has 0 fully saturated rings. The molecule has 0 saturated heterocycles. The van der Waals surface area contributed by atoms with E-state index in [1.807, 2.05) is 0 Å². The van der Waals surface area contributed by atoms with Crippen molar-refractivity contribution in [3.63, 3.8) is 0 Å². The average molecular weight is 564 g/mol. The number of benzene rings is 6. The van der Waals surface area contributed by atoms with Gasteiger partial charge in [0.2, 0.25) is 0 Å². The standard InChI is InChI=1S/C38H27Br/c39-28-23-24-35-36(25-28)38(32-20-10-8-18-30(32)27-15-5-2-6-16-27)34-22-12-11-21-33(34)37(35)31-19-9-7-17-29(31)26-13-3-1-4-14-26/h1-25,37-38H. The highest BCUT2D eigenvalue weighted by Gasteiger charge is 2.35. The minimum absolute atomic E-state index is 0.130. The first-order valence-electron chi connectivity index (χ1n) is 13.5. The maximum atomic E-state index is 3.82. The Morgan fingerprint density at radius 3 is 1.23 bits per heavy atom. The Morgan fingerprint density at radius 2 is 0.718 bits per heavy atom. The van der Waals surface area contributed by atoms with Gasteiger partial charge < -0.3 is 0 Å². The molecule has 6 aromatic rings. The maximum absolute atomic E-state index is 3.82. The van der Waals surface area contributed by atoms with Crippen LogP contribution in [0.4, 0.5) is 0 Å². The Bertz CT molecular complexity index is 1770. The van der Waals surface area contributed by atoms with Crippen molar-refractivity contribution in [2.45, 2.75) is 11.8 Å². The SMILES string of the molecule is Brc1ccc2c(c1)C(c1ccccc1-c1ccccc1)c1ccccc1C2c1ccccc1-c1ccccc1. The van der Waals surface area contributed by atoms with Crippen molar-refractivity contribution in [1.82, 2.24) is 0 Å². The fourth-order valence-corrected chi connectivity index (χ4v) is 6.74. The topological polar surface area (TPSA) is 0 Å². The number of rotatable bonds is 4. The van der Waals surface area contributed by atoms with Crippen LogP contribution < -0.4 is 0 Å². The largest absolute Gasteiger partial charge is 0.0622 e. The predicted molar refractivity (Wildman–Crippen MR) is 166 cm³/mol. The highest BCUT2D eigenvalue weighted by Crippen LogP contribution is 2.52. The van der Waals surface area contributed by atoms with Gasteiger partial charge in [0.1, 0.15) is 0 Å². The van der Waals surface area contributed by atoms with Crippen molar-refractivity contribution >= 4 is 15.9 Å². The highest BCUT2D eigenvalue weighted by molar-refractivity contribution is 9.10. The summed E-state index contributed by atoms with van der Waals surface area (Å²) in [7, 11) is 0. The van der Waals surface area contributed by atoms with Crippen LogP contribution >= 0.6 is 15.9 Å². The molecule has 186 valence electrons. The highest BCUT2D eigenvalue weighted by atomic mass is 79.9. The zero-order chi connectivity index (χ0) is 26.2. The lowest BCUT2D eigenvalue weighted by molar-refractivity contribution is 0.823. The Morgan fingerprint density at radius 1 is 0.333 bits per heavy atom. The molecule has 0 heterocycles. The van der Waals surface area contributed by atoms with Crippen LogP contribution in [0, 0.1) is 0 Å². The molecule has 0 nitrogen and oxygen atoms in total. The molecule has 0 N–H and O–H groups in total. The molecule has 7 rings (SSSR count). The molecule has 2 atom stereocenters. The molecule has 0 spiro atoms. The lowest BCUT2D eigenvalue weighted by Gasteiger charge is -2.36. The summed E-state index contributed by atoms with van der Waals surface area (Å²) in [6, 6.07) is 55.3. The summed E-state index contributed by atoms with van der Waals surface area (Å²) < 4.78 is 1.11. The van der Waals surface area contributed by atoms with Gasteiger partial charge in [0.05, 0.1) is 0 Å². The molecule has 0 bridgehead atoms. The van der Waals surface area contributed by atoms with E-state index >= 15 is 0 Å². The van der Waals surface area contributed by atoms with Gasteiger partial charge in [-0.05, 0) is 67.8 Å². The molecule has 0 saturated carbocycles. The van der Waals surface area contributed by atoms with E-state index in [2.05, 4.69) is 168 Å². The van der Waals surface area contributed by atoms with E-state index in [9.17, 15) is 0 Å². The van der Waals surface area contributed by atoms with Gasteiger partial charge in [-0.25, -0.2) is 0 Å². The third kappa shape index (κ3) is 4.24. The van der Waals surface area contributed by atoms with Crippen LogP contribution in [0.25, 0.3) is 22.3 Å². The maximum Gasteiger partial charge on any atom is 0.0352 e. The van der Waals surface area contributed by atoms with E-state index in [1.54, 1.807) is 0 Å². The van der Waals surface area contributed by atoms with Gasteiger partial charge in [-0.1, -0.05) is 155 Å². The van der Waals surface area contributed by atoms with Crippen LogP contribution in [-0.4, -0.2) is 0 Å². The predicted octanol–water partition coefficient (Wildman–Crippen LogP) is 10.5. The van der Waals surface area contributed by atoms with Gasteiger partial charge in [0.15, 0.2) is 0 Å². The van der Waals surface area contributed by atoms with Crippen LogP contribution in [0.3, 0.4) is 0 Å². The molecule has 0 amide bonds. The van der Waals surface area contributed by atoms with E-state index in [4.69, 9.17) is 0 Å². The van der Waals surface area contributed by atoms with Gasteiger partial charge in [0.25, 0.3) is 0 Å². The Kier molecular flexibility index (Phi) is 6.23. The van der Waals surface area contributed by atoms with Crippen LogP contribution in [-0.2, 0) is 0 Å². The molecule has 2 unspecified atom stereocenters. The monoisotopic (exact) mass is 562 g/mol. The van der Waals surface area contributed by atoms with E-state index in [0.29, 0.717) is 0 Å². The Labute approximate surface area is 238 Å². The molecule has 0 aliphatic heterocycles. The van der Waals surface area contributed by atoms with Gasteiger partial charge in [-0.15, -0.1) is 0 Å². The summed E-state index contributed by atoms with van der Waals surface area (Å²) in [5, 5.41) is 0. The number of hydrogen-bond donors (Lipinski definition) is 0. The van der Waals surface area contributed by atoms with E-state index < -0.39 is 0 Å². The van der Waals surface area contributed by atoms with Crippen molar-refractivity contribution in [1.29, 1.82) is 0 Å². The first-order chi connectivity index (χ1) is 19.3. The molecule has 1 aliphatic rings. The lowest BCUT2D eigenvalue weighted by Crippen LogP contribution is -2.21. The summed E-state index contributed by atoms with van der Waals surface area (Å²) >= 11 is 3.82. The fourth-order valence-electron chi connectivity index (χ4n) is 6.36. The second-order valence-corrected chi connectivity index (χ2v) is 11.1. The van der Waals surface area contributed by atoms with Crippen molar-refractivity contribution in [2.75, 3.05) is 0 Å². The first kappa shape index (κ1) is 23.9. The molecule has 6 aromatic carbocycles. The third-order valence-corrected chi connectivity index (χ3v) is 8.50. The second-order valence-electron chi connectivity index (χ2n) is 10.2. The van der Waals surface area contributed by atoms with Crippen LogP contribution in [0.15, 0.2) is 156 Å². The number of hydrogen-bond acceptors (Lipinski definition) is 0. The number of fused-ring (bicyclic) bond motifs is 2. The summed E-state index contributed by atoms with van der Waals surface area (Å²) in [4.78, 5) is 0. The minimum Gasteiger partial charge on any atom is -0.0622 e. The van der Waals surface area contributed by atoms with Gasteiger partial charge in [0, 0.05) is 16.3 Å².